The van der Waals surface area contributed by atoms with E-state index in [-0.39, 0.29) is 6.42 Å². The Balaban J connectivity index is -0.000000248. The van der Waals surface area contributed by atoms with Crippen molar-refractivity contribution in [1.29, 1.82) is 0 Å². The molecule has 0 saturated carbocycles. The van der Waals surface area contributed by atoms with Crippen LogP contribution >= 0.6 is 98.7 Å². The van der Waals surface area contributed by atoms with Crippen molar-refractivity contribution in [3.63, 3.8) is 0 Å². The third-order valence-corrected chi connectivity index (χ3v) is 20.7. The van der Waals surface area contributed by atoms with Gasteiger partial charge >= 0.3 is 98.7 Å². The molecular formula is C17H52NO40P13. The van der Waals surface area contributed by atoms with Gasteiger partial charge < -0.3 is 132 Å². The molecule has 0 aromatic heterocycles. The maximum absolute atomic E-state index is 10.9. The topological polar surface area (TPSA) is 771 Å². The first-order valence-electron chi connectivity index (χ1n) is 16.3. The molecule has 0 radical (unpaired) electrons. The van der Waals surface area contributed by atoms with Gasteiger partial charge in [-0.05, 0) is 25.5 Å². The summed E-state index contributed by atoms with van der Waals surface area (Å²) < 4.78 is 134. The molecule has 0 fully saturated rings. The Bertz CT molecular complexity index is 2260. The third-order valence-electron chi connectivity index (χ3n) is 5.72. The Morgan fingerprint density at radius 1 is 0.352 bits per heavy atom. The van der Waals surface area contributed by atoms with Gasteiger partial charge in [0.1, 0.15) is 18.9 Å². The molecule has 1 aromatic carbocycles. The number of hydrogen-bond donors (Lipinski definition) is 27. The first-order chi connectivity index (χ1) is 30.1. The summed E-state index contributed by atoms with van der Waals surface area (Å²) in [6, 6.07) is 4.59. The highest BCUT2D eigenvalue weighted by Crippen LogP contribution is 2.67. The fourth-order valence-electron chi connectivity index (χ4n) is 3.03. The fraction of sp³-hybridized carbons (Fsp3) is 0.647. The highest BCUT2D eigenvalue weighted by atomic mass is 31.2. The summed E-state index contributed by atoms with van der Waals surface area (Å²) in [5, 5.41) is 4.11. The molecule has 0 aliphatic heterocycles. The lowest BCUT2D eigenvalue weighted by atomic mass is 10.4. The minimum absolute atomic E-state index is 0.158. The van der Waals surface area contributed by atoms with Crippen LogP contribution in [0.25, 0.3) is 0 Å². The van der Waals surface area contributed by atoms with Crippen LogP contribution < -0.4 is 10.6 Å². The predicted molar refractivity (Wildman–Crippen MR) is 238 cm³/mol. The maximum atomic E-state index is 10.9. The summed E-state index contributed by atoms with van der Waals surface area (Å²) in [4.78, 5) is 217. The van der Waals surface area contributed by atoms with Crippen molar-refractivity contribution >= 4 is 109 Å². The van der Waals surface area contributed by atoms with Gasteiger partial charge in [-0.2, -0.15) is 0 Å². The Morgan fingerprint density at radius 3 is 0.676 bits per heavy atom. The normalized spacial score (nSPS) is 13.9. The van der Waals surface area contributed by atoms with Crippen molar-refractivity contribution < 1.29 is 192 Å². The SMILES string of the molecule is CC(O)(P(=O)(O)O)P(=O)(O)O.O=P(O)(O)CCCP(=O)(O)O.O=P(O)(O)CCP(=O)(O)O.O=P(O)(O)CN(CP(=O)(O)O)CP(=O)(O)O.O=P(O)(O)CP(=O)(O)O.O=P(O)(O)c1ccccc1P(=O)(O)O. The molecule has 0 unspecified atom stereocenters. The zero-order valence-corrected chi connectivity index (χ0v) is 46.4. The van der Waals surface area contributed by atoms with Gasteiger partial charge in [0.2, 0.25) is 0 Å². The number of aliphatic hydroxyl groups is 1. The molecule has 0 saturated heterocycles. The molecule has 0 aliphatic carbocycles. The van der Waals surface area contributed by atoms with Crippen molar-refractivity contribution in [3.8, 4) is 0 Å². The molecule has 0 spiro atoms. The highest BCUT2D eigenvalue weighted by Gasteiger charge is 2.55. The van der Waals surface area contributed by atoms with Crippen LogP contribution in [0.3, 0.4) is 0 Å². The number of nitrogens with zero attached hydrogens (tertiary/aromatic N) is 1. The van der Waals surface area contributed by atoms with Crippen LogP contribution in [-0.4, -0.2) is 192 Å². The largest absolute Gasteiger partial charge is 0.369 e. The molecule has 0 aliphatic rings. The van der Waals surface area contributed by atoms with Gasteiger partial charge in [-0.3, -0.25) is 64.2 Å². The lowest BCUT2D eigenvalue weighted by Crippen LogP contribution is -2.27. The summed E-state index contributed by atoms with van der Waals surface area (Å²) in [7, 11) is -59.4. The molecular weight excluding hydrogens is 1260 g/mol. The van der Waals surface area contributed by atoms with Gasteiger partial charge in [-0.1, -0.05) is 12.1 Å². The van der Waals surface area contributed by atoms with Crippen molar-refractivity contribution in [1.82, 2.24) is 4.90 Å². The van der Waals surface area contributed by atoms with Crippen LogP contribution in [0.15, 0.2) is 24.3 Å². The van der Waals surface area contributed by atoms with Crippen molar-refractivity contribution in [2.24, 2.45) is 0 Å². The third kappa shape index (κ3) is 55.6. The van der Waals surface area contributed by atoms with E-state index in [2.05, 4.69) is 0 Å². The molecule has 0 atom stereocenters. The van der Waals surface area contributed by atoms with Gasteiger partial charge in [0.05, 0.1) is 35.3 Å². The average molecular weight is 1310 g/mol. The van der Waals surface area contributed by atoms with E-state index in [9.17, 15) is 59.3 Å². The molecule has 71 heavy (non-hydrogen) atoms. The van der Waals surface area contributed by atoms with Crippen molar-refractivity contribution in [2.75, 3.05) is 49.4 Å². The zero-order valence-electron chi connectivity index (χ0n) is 34.8. The van der Waals surface area contributed by atoms with Crippen LogP contribution in [0.2, 0.25) is 0 Å². The van der Waals surface area contributed by atoms with E-state index in [0.717, 1.165) is 12.1 Å². The zero-order chi connectivity index (χ0) is 58.9. The Morgan fingerprint density at radius 2 is 0.563 bits per heavy atom. The predicted octanol–water partition coefficient (Wildman–Crippen LogP) is -4.63. The Hall–Kier alpha value is 1.09. The van der Waals surface area contributed by atoms with E-state index < -0.39 is 164 Å². The monoisotopic (exact) mass is 1310 g/mol. The fourth-order valence-corrected chi connectivity index (χ4v) is 14.5. The minimum atomic E-state index is -5.20. The number of benzene rings is 1. The van der Waals surface area contributed by atoms with Crippen LogP contribution in [0.4, 0.5) is 0 Å². The molecule has 0 heterocycles. The summed E-state index contributed by atoms with van der Waals surface area (Å²) in [6.45, 7) is 0.383. The molecule has 0 bridgehead atoms. The van der Waals surface area contributed by atoms with E-state index >= 15 is 0 Å². The van der Waals surface area contributed by atoms with E-state index in [0.29, 0.717) is 11.8 Å². The Labute approximate surface area is 397 Å². The summed E-state index contributed by atoms with van der Waals surface area (Å²) in [5.41, 5.74) is 0. The van der Waals surface area contributed by atoms with E-state index in [1.165, 1.54) is 12.1 Å². The van der Waals surface area contributed by atoms with Gasteiger partial charge in [-0.15, -0.1) is 0 Å². The molecule has 430 valence electrons. The van der Waals surface area contributed by atoms with Crippen LogP contribution in [0, 0.1) is 0 Å². The van der Waals surface area contributed by atoms with Crippen LogP contribution in [0.1, 0.15) is 13.3 Å². The van der Waals surface area contributed by atoms with Gasteiger partial charge in [0.15, 0.2) is 5.90 Å². The number of hydrogen-bond acceptors (Lipinski definition) is 15. The van der Waals surface area contributed by atoms with Crippen molar-refractivity contribution in [3.05, 3.63) is 24.3 Å². The van der Waals surface area contributed by atoms with Gasteiger partial charge in [0.25, 0.3) is 5.08 Å². The number of rotatable bonds is 19. The summed E-state index contributed by atoms with van der Waals surface area (Å²) in [6.07, 6.45) is -6.05. The molecule has 54 heteroatoms. The van der Waals surface area contributed by atoms with Gasteiger partial charge in [-0.25, -0.2) is 0 Å². The van der Waals surface area contributed by atoms with Crippen LogP contribution in [0.5, 0.6) is 0 Å². The Kier molecular flexibility index (Phi) is 34.7. The summed E-state index contributed by atoms with van der Waals surface area (Å²) in [5.74, 6) is -1.38. The van der Waals surface area contributed by atoms with Gasteiger partial charge in [0, 0.05) is 0 Å². The first kappa shape index (κ1) is 80.9. The quantitative estimate of drug-likeness (QED) is 0.0579. The second kappa shape index (κ2) is 30.5. The second-order valence-electron chi connectivity index (χ2n) is 13.1. The lowest BCUT2D eigenvalue weighted by Gasteiger charge is -2.24. The maximum Gasteiger partial charge on any atom is 0.369 e. The molecule has 27 N–H and O–H groups in total. The average Bonchev–Trinajstić information content (AvgIpc) is 2.97. The van der Waals surface area contributed by atoms with E-state index in [4.69, 9.17) is 132 Å². The second-order valence-corrected chi connectivity index (χ2v) is 36.2. The smallest absolute Gasteiger partial charge is 0.368 e. The molecule has 41 nitrogen and oxygen atoms in total. The van der Waals surface area contributed by atoms with Crippen molar-refractivity contribution in [2.45, 2.75) is 18.4 Å². The van der Waals surface area contributed by atoms with Crippen LogP contribution in [-0.2, 0) is 59.3 Å². The van der Waals surface area contributed by atoms with E-state index in [1.807, 2.05) is 0 Å². The highest BCUT2D eigenvalue weighted by molar-refractivity contribution is 7.72. The molecule has 1 aromatic rings. The summed E-state index contributed by atoms with van der Waals surface area (Å²) >= 11 is 0. The first-order valence-corrected chi connectivity index (χ1v) is 38.9. The standard InChI is InChI=1S/C6H8O6P2.C3H12NO9P3.C3H10O6P2.C2H8O7P2.C2H8O6P2.CH6O6P2/c7-13(8,9)5-3-1-2-4-6(5)14(10,11)12;5-14(6,7)1-4(2-15(8,9)10)3-16(11,12)13;4-10(5,6)2-1-3-11(7,8)9;1-2(3,10(4,5)6)11(7,8)9;3-9(4,5)1-2-10(6,7)8;2-8(3,4)1-9(5,6)7/h1-4H,(H2,7,8,9)(H2,10,11,12);1-3H2,(H2,5,6,7)(H2,8,9,10)(H2,11,12,13);1-3H2,(H2,4,5,6)(H2,7,8,9);3H,1H3,(H2,4,5,6)(H2,7,8,9);1-2H2,(H2,3,4,5)(H2,6,7,8);1H2,(H2,2,3,4)(H2,5,6,7). The molecule has 1 rings (SSSR count). The molecule has 0 amide bonds. The van der Waals surface area contributed by atoms with E-state index in [1.54, 1.807) is 0 Å². The lowest BCUT2D eigenvalue weighted by molar-refractivity contribution is 0.146. The minimum Gasteiger partial charge on any atom is -0.368 e.